The third-order valence-electron chi connectivity index (χ3n) is 8.63. The van der Waals surface area contributed by atoms with Crippen LogP contribution in [-0.2, 0) is 11.8 Å². The van der Waals surface area contributed by atoms with Gasteiger partial charge in [0.1, 0.15) is 35.8 Å². The first kappa shape index (κ1) is 36.3. The van der Waals surface area contributed by atoms with Gasteiger partial charge >= 0.3 is 0 Å². The quantitative estimate of drug-likeness (QED) is 0.198. The number of nitriles is 2. The average Bonchev–Trinajstić information content (AvgIpc) is 3.49. The van der Waals surface area contributed by atoms with E-state index in [2.05, 4.69) is 28.1 Å². The van der Waals surface area contributed by atoms with Crippen LogP contribution in [0, 0.1) is 36.5 Å². The van der Waals surface area contributed by atoms with E-state index in [1.165, 1.54) is 29.0 Å². The molecule has 1 aromatic heterocycles. The van der Waals surface area contributed by atoms with Gasteiger partial charge < -0.3 is 14.4 Å². The molecule has 11 heteroatoms. The highest BCUT2D eigenvalue weighted by Crippen LogP contribution is 2.26. The number of allylic oxidation sites excluding steroid dienone is 1. The Morgan fingerprint density at radius 3 is 2.24 bits per heavy atom. The minimum absolute atomic E-state index is 0.108. The minimum Gasteiger partial charge on any atom is -0.492 e. The normalized spacial score (nSPS) is 15.1. The summed E-state index contributed by atoms with van der Waals surface area (Å²) in [7, 11) is 3.23. The Kier molecular flexibility index (Phi) is 12.6. The van der Waals surface area contributed by atoms with Crippen LogP contribution in [0.5, 0.6) is 11.5 Å². The molecule has 0 atom stereocenters. The van der Waals surface area contributed by atoms with Crippen LogP contribution in [0.3, 0.4) is 0 Å². The van der Waals surface area contributed by atoms with Gasteiger partial charge in [-0.15, -0.1) is 0 Å². The van der Waals surface area contributed by atoms with Crippen molar-refractivity contribution in [3.8, 4) is 23.6 Å². The van der Waals surface area contributed by atoms with Gasteiger partial charge in [0.2, 0.25) is 0 Å². The van der Waals surface area contributed by atoms with Crippen molar-refractivity contribution in [2.45, 2.75) is 65.9 Å². The lowest BCUT2D eigenvalue weighted by Gasteiger charge is -2.24. The number of rotatable bonds is 10. The number of hydrazone groups is 1. The van der Waals surface area contributed by atoms with Gasteiger partial charge in [-0.05, 0) is 113 Å². The topological polar surface area (TPSA) is 140 Å². The number of amides is 1. The highest BCUT2D eigenvalue weighted by atomic mass is 16.5. The molecule has 0 spiro atoms. The van der Waals surface area contributed by atoms with Gasteiger partial charge in [-0.25, -0.2) is 5.01 Å². The monoisotopic (exact) mass is 663 g/mol. The largest absolute Gasteiger partial charge is 0.492 e. The maximum atomic E-state index is 11.8. The van der Waals surface area contributed by atoms with E-state index in [0.29, 0.717) is 29.6 Å². The van der Waals surface area contributed by atoms with Crippen molar-refractivity contribution in [3.05, 3.63) is 86.3 Å². The number of anilines is 1. The summed E-state index contributed by atoms with van der Waals surface area (Å²) in [5.74, 6) is 1.57. The van der Waals surface area contributed by atoms with Crippen molar-refractivity contribution < 1.29 is 14.3 Å². The van der Waals surface area contributed by atoms with Crippen LogP contribution >= 0.6 is 0 Å². The molecule has 3 aromatic rings. The number of hydrogen-bond acceptors (Lipinski definition) is 8. The lowest BCUT2D eigenvalue weighted by molar-refractivity contribution is -0.124. The third-order valence-corrected chi connectivity index (χ3v) is 8.63. The highest BCUT2D eigenvalue weighted by Gasteiger charge is 2.25. The standard InChI is InChI=1S/C27H31N3O2.C11H14N4O2/c1-3-30(24-10-9-23(21(2)17-24)18-22(19-28)20-29)15-16-31-25-11-13-27(14-12-25)32-26-7-5-4-6-8-26;1-6-8(10(16)14(3)12-6)5-9-7(2)13-15(4)11(9)17/h9-14,17-18,26H,3-8,15-16H2,1-2H3;5,12H,1-4H3. The molecule has 0 radical (unpaired) electrons. The van der Waals surface area contributed by atoms with E-state index in [-0.39, 0.29) is 17.0 Å². The van der Waals surface area contributed by atoms with Gasteiger partial charge in [0.15, 0.2) is 0 Å². The Morgan fingerprint density at radius 1 is 1.02 bits per heavy atom. The van der Waals surface area contributed by atoms with Crippen LogP contribution in [-0.4, -0.2) is 59.3 Å². The van der Waals surface area contributed by atoms with Crippen LogP contribution in [0.15, 0.2) is 63.5 Å². The molecular weight excluding hydrogens is 618 g/mol. The summed E-state index contributed by atoms with van der Waals surface area (Å²) in [6, 6.07) is 17.8. The van der Waals surface area contributed by atoms with Gasteiger partial charge in [-0.3, -0.25) is 19.4 Å². The number of carbonyl (C=O) groups excluding carboxylic acids is 1. The van der Waals surface area contributed by atoms with E-state index in [4.69, 9.17) is 20.0 Å². The average molecular weight is 664 g/mol. The van der Waals surface area contributed by atoms with E-state index in [1.54, 1.807) is 40.1 Å². The van der Waals surface area contributed by atoms with Crippen molar-refractivity contribution in [3.63, 3.8) is 0 Å². The molecule has 1 amide bonds. The first-order valence-electron chi connectivity index (χ1n) is 16.6. The fourth-order valence-electron chi connectivity index (χ4n) is 5.83. The number of hydrogen-bond donors (Lipinski definition) is 1. The maximum absolute atomic E-state index is 11.8. The first-order valence-corrected chi connectivity index (χ1v) is 16.6. The van der Waals surface area contributed by atoms with Gasteiger partial charge in [0, 0.05) is 32.0 Å². The molecule has 11 nitrogen and oxygen atoms in total. The lowest BCUT2D eigenvalue weighted by Crippen LogP contribution is -2.28. The molecule has 1 aliphatic carbocycles. The number of likely N-dealkylation sites (N-methyl/N-ethyl adjacent to an activating group) is 2. The first-order chi connectivity index (χ1) is 23.5. The molecule has 2 aromatic carbocycles. The molecule has 0 saturated heterocycles. The Balaban J connectivity index is 0.000000266. The van der Waals surface area contributed by atoms with Crippen molar-refractivity contribution in [1.82, 2.24) is 14.8 Å². The summed E-state index contributed by atoms with van der Waals surface area (Å²) < 4.78 is 13.4. The number of carbonyl (C=O) groups is 1. The zero-order chi connectivity index (χ0) is 35.5. The molecule has 2 heterocycles. The summed E-state index contributed by atoms with van der Waals surface area (Å²) in [5.41, 5.74) is 5.29. The zero-order valence-corrected chi connectivity index (χ0v) is 29.2. The van der Waals surface area contributed by atoms with E-state index in [1.807, 2.05) is 55.5 Å². The molecule has 0 unspecified atom stereocenters. The van der Waals surface area contributed by atoms with Gasteiger partial charge in [-0.2, -0.15) is 15.6 Å². The van der Waals surface area contributed by atoms with Crippen LogP contribution in [0.4, 0.5) is 5.69 Å². The second-order valence-corrected chi connectivity index (χ2v) is 12.2. The van der Waals surface area contributed by atoms with Gasteiger partial charge in [-0.1, -0.05) is 12.5 Å². The number of ether oxygens (including phenoxy) is 2. The SMILES string of the molecule is CC1=NN(C)C(=O)C1=Cc1c(C)[nH]n(C)c1=O.CCN(CCOc1ccc(OC2CCCCC2)cc1)c1ccc(C=C(C#N)C#N)c(C)c1. The van der Waals surface area contributed by atoms with Crippen LogP contribution in [0.2, 0.25) is 0 Å². The third kappa shape index (κ3) is 9.51. The Hall–Kier alpha value is -5.55. The fraction of sp³-hybridized carbons (Fsp3) is 0.395. The Labute approximate surface area is 288 Å². The number of aromatic nitrogens is 2. The molecule has 1 aliphatic heterocycles. The molecule has 1 N–H and O–H groups in total. The van der Waals surface area contributed by atoms with Crippen LogP contribution < -0.4 is 19.9 Å². The minimum atomic E-state index is -0.190. The van der Waals surface area contributed by atoms with E-state index >= 15 is 0 Å². The van der Waals surface area contributed by atoms with E-state index in [0.717, 1.165) is 59.9 Å². The predicted molar refractivity (Wildman–Crippen MR) is 192 cm³/mol. The van der Waals surface area contributed by atoms with E-state index < -0.39 is 0 Å². The van der Waals surface area contributed by atoms with Gasteiger partial charge in [0.05, 0.1) is 29.5 Å². The van der Waals surface area contributed by atoms with Crippen molar-refractivity contribution in [1.29, 1.82) is 10.5 Å². The Morgan fingerprint density at radius 2 is 1.69 bits per heavy atom. The number of aromatic amines is 1. The van der Waals surface area contributed by atoms with Crippen molar-refractivity contribution >= 4 is 29.5 Å². The van der Waals surface area contributed by atoms with Crippen molar-refractivity contribution in [2.75, 3.05) is 31.6 Å². The number of nitrogens with zero attached hydrogens (tertiary/aromatic N) is 6. The highest BCUT2D eigenvalue weighted by molar-refractivity contribution is 6.26. The Bertz CT molecular complexity index is 1850. The molecule has 1 saturated carbocycles. The molecule has 2 aliphatic rings. The zero-order valence-electron chi connectivity index (χ0n) is 29.2. The molecule has 0 bridgehead atoms. The lowest BCUT2D eigenvalue weighted by atomic mass is 9.98. The summed E-state index contributed by atoms with van der Waals surface area (Å²) in [6.07, 6.45) is 9.73. The summed E-state index contributed by atoms with van der Waals surface area (Å²) in [4.78, 5) is 25.8. The van der Waals surface area contributed by atoms with Crippen molar-refractivity contribution in [2.24, 2.45) is 12.1 Å². The van der Waals surface area contributed by atoms with E-state index in [9.17, 15) is 9.59 Å². The predicted octanol–water partition coefficient (Wildman–Crippen LogP) is 6.30. The number of H-pyrrole nitrogens is 1. The van der Waals surface area contributed by atoms with Gasteiger partial charge in [0.25, 0.3) is 11.5 Å². The number of aryl methyl sites for hydroxylation is 3. The summed E-state index contributed by atoms with van der Waals surface area (Å²) in [6.45, 7) is 9.83. The molecule has 1 fully saturated rings. The maximum Gasteiger partial charge on any atom is 0.275 e. The second-order valence-electron chi connectivity index (χ2n) is 12.2. The number of benzene rings is 2. The van der Waals surface area contributed by atoms with Crippen LogP contribution in [0.25, 0.3) is 12.2 Å². The van der Waals surface area contributed by atoms with Crippen LogP contribution in [0.1, 0.15) is 68.3 Å². The second kappa shape index (κ2) is 17.0. The molecule has 5 rings (SSSR count). The summed E-state index contributed by atoms with van der Waals surface area (Å²) >= 11 is 0. The molecule has 49 heavy (non-hydrogen) atoms. The number of nitrogens with one attached hydrogen (secondary N) is 1. The smallest absolute Gasteiger partial charge is 0.275 e. The fourth-order valence-corrected chi connectivity index (χ4v) is 5.83. The molecule has 256 valence electrons. The summed E-state index contributed by atoms with van der Waals surface area (Å²) in [5, 5.41) is 26.1. The molecular formula is C38H45N7O4.